The monoisotopic (exact) mass is 291 g/mol. The molecule has 6 nitrogen and oxygen atoms in total. The number of fused-ring (bicyclic) bond motifs is 1. The van der Waals surface area contributed by atoms with Crippen molar-refractivity contribution in [3.8, 4) is 5.69 Å². The van der Waals surface area contributed by atoms with Gasteiger partial charge >= 0.3 is 0 Å². The lowest BCUT2D eigenvalue weighted by Gasteiger charge is -2.04. The van der Waals surface area contributed by atoms with Gasteiger partial charge in [-0.2, -0.15) is 10.2 Å². The molecule has 2 aromatic heterocycles. The Morgan fingerprint density at radius 2 is 2.25 bits per heavy atom. The first-order valence-electron chi connectivity index (χ1n) is 6.08. The van der Waals surface area contributed by atoms with Crippen molar-refractivity contribution >= 4 is 28.5 Å². The number of hydrogen-bond acceptors (Lipinski definition) is 4. The predicted molar refractivity (Wildman–Crippen MR) is 78.1 cm³/mol. The number of hydrogen-bond donors (Lipinski definition) is 2. The molecule has 2 heterocycles. The Hall–Kier alpha value is -2.05. The van der Waals surface area contributed by atoms with Crippen molar-refractivity contribution in [2.24, 2.45) is 0 Å². The van der Waals surface area contributed by atoms with E-state index in [0.29, 0.717) is 23.1 Å². The zero-order chi connectivity index (χ0) is 14.3. The third-order valence-corrected chi connectivity index (χ3v) is 3.57. The van der Waals surface area contributed by atoms with Crippen LogP contribution in [0.25, 0.3) is 16.7 Å². The number of aryl methyl sites for hydroxylation is 1. The van der Waals surface area contributed by atoms with E-state index in [0.717, 1.165) is 22.3 Å². The number of aromatic nitrogens is 4. The summed E-state index contributed by atoms with van der Waals surface area (Å²) in [7, 11) is 1.61. The first-order valence-corrected chi connectivity index (χ1v) is 6.46. The summed E-state index contributed by atoms with van der Waals surface area (Å²) < 4.78 is 6.86. The molecule has 0 bridgehead atoms. The molecule has 0 aliphatic heterocycles. The Bertz CT molecular complexity index is 777. The summed E-state index contributed by atoms with van der Waals surface area (Å²) in [5, 5.41) is 12.9. The van der Waals surface area contributed by atoms with Crippen molar-refractivity contribution in [2.45, 2.75) is 13.5 Å². The van der Waals surface area contributed by atoms with Gasteiger partial charge in [-0.05, 0) is 24.6 Å². The Balaban J connectivity index is 2.22. The van der Waals surface area contributed by atoms with Crippen molar-refractivity contribution in [3.63, 3.8) is 0 Å². The fourth-order valence-electron chi connectivity index (χ4n) is 2.13. The van der Waals surface area contributed by atoms with Crippen molar-refractivity contribution in [3.05, 3.63) is 34.5 Å². The summed E-state index contributed by atoms with van der Waals surface area (Å²) in [6, 6.07) is 5.73. The SMILES string of the molecule is COCc1nn(-c2ccc(C)c(Cl)c2)c2n[nH]c(N)c12. The maximum Gasteiger partial charge on any atom is 0.186 e. The second kappa shape index (κ2) is 4.81. The third kappa shape index (κ3) is 1.93. The summed E-state index contributed by atoms with van der Waals surface area (Å²) in [6.07, 6.45) is 0. The number of ether oxygens (including phenoxy) is 1. The van der Waals surface area contributed by atoms with Crippen LogP contribution in [0.5, 0.6) is 0 Å². The third-order valence-electron chi connectivity index (χ3n) is 3.17. The summed E-state index contributed by atoms with van der Waals surface area (Å²) in [5.41, 5.74) is 9.15. The molecule has 0 fully saturated rings. The van der Waals surface area contributed by atoms with Crippen LogP contribution in [0.2, 0.25) is 5.02 Å². The van der Waals surface area contributed by atoms with Crippen molar-refractivity contribution in [2.75, 3.05) is 12.8 Å². The lowest BCUT2D eigenvalue weighted by Crippen LogP contribution is -2.00. The van der Waals surface area contributed by atoms with Gasteiger partial charge in [-0.1, -0.05) is 17.7 Å². The number of H-pyrrole nitrogens is 1. The maximum absolute atomic E-state index is 6.17. The summed E-state index contributed by atoms with van der Waals surface area (Å²) in [6.45, 7) is 2.32. The first-order chi connectivity index (χ1) is 9.61. The molecule has 3 rings (SSSR count). The van der Waals surface area contributed by atoms with E-state index in [2.05, 4.69) is 15.3 Å². The largest absolute Gasteiger partial charge is 0.383 e. The number of nitrogens with two attached hydrogens (primary N) is 1. The molecule has 0 saturated carbocycles. The number of nitrogens with one attached hydrogen (secondary N) is 1. The first kappa shape index (κ1) is 13.0. The van der Waals surface area contributed by atoms with Crippen LogP contribution in [-0.2, 0) is 11.3 Å². The number of nitrogens with zero attached hydrogens (tertiary/aromatic N) is 3. The summed E-state index contributed by atoms with van der Waals surface area (Å²) >= 11 is 6.17. The molecule has 0 spiro atoms. The summed E-state index contributed by atoms with van der Waals surface area (Å²) in [4.78, 5) is 0. The van der Waals surface area contributed by atoms with Crippen LogP contribution in [0.3, 0.4) is 0 Å². The van der Waals surface area contributed by atoms with E-state index in [1.807, 2.05) is 25.1 Å². The molecule has 0 unspecified atom stereocenters. The highest BCUT2D eigenvalue weighted by atomic mass is 35.5. The summed E-state index contributed by atoms with van der Waals surface area (Å²) in [5.74, 6) is 0.483. The van der Waals surface area contributed by atoms with E-state index in [1.54, 1.807) is 11.8 Å². The number of anilines is 1. The lowest BCUT2D eigenvalue weighted by molar-refractivity contribution is 0.182. The Kier molecular flexibility index (Phi) is 3.11. The maximum atomic E-state index is 6.17. The Labute approximate surface area is 120 Å². The van der Waals surface area contributed by atoms with Gasteiger partial charge in [0.05, 0.1) is 17.7 Å². The minimum Gasteiger partial charge on any atom is -0.383 e. The van der Waals surface area contributed by atoms with Crippen LogP contribution in [0.4, 0.5) is 5.82 Å². The van der Waals surface area contributed by atoms with Crippen LogP contribution in [0.1, 0.15) is 11.3 Å². The molecular weight excluding hydrogens is 278 g/mol. The zero-order valence-electron chi connectivity index (χ0n) is 11.1. The minimum absolute atomic E-state index is 0.368. The fourth-order valence-corrected chi connectivity index (χ4v) is 2.31. The highest BCUT2D eigenvalue weighted by Gasteiger charge is 2.17. The van der Waals surface area contributed by atoms with Gasteiger partial charge in [0.1, 0.15) is 11.5 Å². The van der Waals surface area contributed by atoms with Crippen molar-refractivity contribution in [1.29, 1.82) is 0 Å². The molecule has 0 radical (unpaired) electrons. The normalized spacial score (nSPS) is 11.3. The highest BCUT2D eigenvalue weighted by molar-refractivity contribution is 6.31. The van der Waals surface area contributed by atoms with Crippen LogP contribution in [-0.4, -0.2) is 27.1 Å². The zero-order valence-corrected chi connectivity index (χ0v) is 11.9. The Morgan fingerprint density at radius 3 is 2.95 bits per heavy atom. The average molecular weight is 292 g/mol. The van der Waals surface area contributed by atoms with Gasteiger partial charge in [-0.15, -0.1) is 0 Å². The number of nitrogen functional groups attached to an aromatic ring is 1. The molecule has 104 valence electrons. The molecule has 0 amide bonds. The molecule has 0 aliphatic rings. The lowest BCUT2D eigenvalue weighted by atomic mass is 10.2. The van der Waals surface area contributed by atoms with Gasteiger partial charge < -0.3 is 10.5 Å². The fraction of sp³-hybridized carbons (Fsp3) is 0.231. The molecule has 20 heavy (non-hydrogen) atoms. The van der Waals surface area contributed by atoms with Gasteiger partial charge in [-0.3, -0.25) is 5.10 Å². The molecule has 7 heteroatoms. The highest BCUT2D eigenvalue weighted by Crippen LogP contribution is 2.27. The van der Waals surface area contributed by atoms with Gasteiger partial charge in [0.15, 0.2) is 5.65 Å². The smallest absolute Gasteiger partial charge is 0.186 e. The topological polar surface area (TPSA) is 81.8 Å². The molecule has 0 atom stereocenters. The van der Waals surface area contributed by atoms with E-state index >= 15 is 0 Å². The predicted octanol–water partition coefficient (Wildman–Crippen LogP) is 2.44. The quantitative estimate of drug-likeness (QED) is 0.776. The minimum atomic E-state index is 0.368. The average Bonchev–Trinajstić information content (AvgIpc) is 2.96. The number of rotatable bonds is 3. The number of benzene rings is 1. The second-order valence-electron chi connectivity index (χ2n) is 4.56. The van der Waals surface area contributed by atoms with Crippen LogP contribution in [0.15, 0.2) is 18.2 Å². The standard InChI is InChI=1S/C13H14ClN5O/c1-7-3-4-8(5-9(7)14)19-13-11(12(15)16-17-13)10(18-19)6-20-2/h3-5H,6H2,1-2H3,(H3,15,16,17). The van der Waals surface area contributed by atoms with Crippen LogP contribution < -0.4 is 5.73 Å². The molecular formula is C13H14ClN5O. The number of halogens is 1. The van der Waals surface area contributed by atoms with Crippen molar-refractivity contribution < 1.29 is 4.74 Å². The van der Waals surface area contributed by atoms with E-state index in [1.165, 1.54) is 0 Å². The molecule has 3 N–H and O–H groups in total. The molecule has 1 aromatic carbocycles. The van der Waals surface area contributed by atoms with Gasteiger partial charge in [0, 0.05) is 12.1 Å². The van der Waals surface area contributed by atoms with E-state index in [-0.39, 0.29) is 0 Å². The number of aromatic amines is 1. The van der Waals surface area contributed by atoms with Crippen LogP contribution >= 0.6 is 11.6 Å². The van der Waals surface area contributed by atoms with E-state index < -0.39 is 0 Å². The molecule has 0 aliphatic carbocycles. The molecule has 0 saturated heterocycles. The van der Waals surface area contributed by atoms with Crippen molar-refractivity contribution in [1.82, 2.24) is 20.0 Å². The van der Waals surface area contributed by atoms with Gasteiger partial charge in [-0.25, -0.2) is 4.68 Å². The van der Waals surface area contributed by atoms with Crippen LogP contribution in [0, 0.1) is 6.92 Å². The second-order valence-corrected chi connectivity index (χ2v) is 4.97. The van der Waals surface area contributed by atoms with Gasteiger partial charge in [0.2, 0.25) is 0 Å². The Morgan fingerprint density at radius 1 is 1.45 bits per heavy atom. The van der Waals surface area contributed by atoms with Gasteiger partial charge in [0.25, 0.3) is 0 Å². The van der Waals surface area contributed by atoms with E-state index in [9.17, 15) is 0 Å². The molecule has 3 aromatic rings. The number of methoxy groups -OCH3 is 1. The van der Waals surface area contributed by atoms with E-state index in [4.69, 9.17) is 22.1 Å².